The zero-order valence-corrected chi connectivity index (χ0v) is 5.41. The summed E-state index contributed by atoms with van der Waals surface area (Å²) in [6.07, 6.45) is 2.77. The van der Waals surface area contributed by atoms with E-state index in [1.807, 2.05) is 0 Å². The summed E-state index contributed by atoms with van der Waals surface area (Å²) in [5.74, 6) is 0. The number of halogens is 1. The van der Waals surface area contributed by atoms with E-state index in [0.717, 1.165) is 0 Å². The molecule has 0 fully saturated rings. The van der Waals surface area contributed by atoms with Crippen molar-refractivity contribution in [2.24, 2.45) is 0 Å². The monoisotopic (exact) mass is 145 g/mol. The molecule has 0 aliphatic carbocycles. The molecule has 0 saturated heterocycles. The maximum absolute atomic E-state index is 10.3. The van der Waals surface area contributed by atoms with Gasteiger partial charge < -0.3 is 0 Å². The lowest BCUT2D eigenvalue weighted by molar-refractivity contribution is -0.563. The summed E-state index contributed by atoms with van der Waals surface area (Å²) in [7, 11) is 0. The van der Waals surface area contributed by atoms with Gasteiger partial charge in [0.2, 0.25) is 0 Å². The standard InChI is InChI=1S/C5H5N2O.ClH/c8-7-5-3-1-2-4-6-7;/h1-5H;1H/q+1;. The molecule has 1 aromatic heterocycles. The second kappa shape index (κ2) is 3.97. The Hall–Kier alpha value is -0.960. The highest BCUT2D eigenvalue weighted by Crippen LogP contribution is 1.68. The summed E-state index contributed by atoms with van der Waals surface area (Å²) in [6, 6.07) is 5.05. The molecule has 4 heteroatoms. The maximum Gasteiger partial charge on any atom is 0.260 e. The van der Waals surface area contributed by atoms with Crippen molar-refractivity contribution in [2.45, 2.75) is 0 Å². The molecule has 9 heavy (non-hydrogen) atoms. The van der Waals surface area contributed by atoms with Crippen molar-refractivity contribution < 1.29 is 4.54 Å². The SMILES string of the molecule is Cl.O=[n+]1cccccn1. The normalized spacial score (nSPS) is 7.56. The van der Waals surface area contributed by atoms with Crippen molar-refractivity contribution >= 4 is 12.4 Å². The second-order valence-electron chi connectivity index (χ2n) is 1.29. The van der Waals surface area contributed by atoms with Gasteiger partial charge in [-0.2, -0.15) is 0 Å². The molecule has 0 aromatic carbocycles. The van der Waals surface area contributed by atoms with Crippen molar-refractivity contribution in [3.05, 3.63) is 35.5 Å². The Morgan fingerprint density at radius 3 is 2.78 bits per heavy atom. The van der Waals surface area contributed by atoms with Crippen LogP contribution in [0.4, 0.5) is 0 Å². The molecule has 48 valence electrons. The van der Waals surface area contributed by atoms with Crippen LogP contribution in [-0.4, -0.2) is 5.10 Å². The van der Waals surface area contributed by atoms with Crippen LogP contribution in [0.3, 0.4) is 0 Å². The highest BCUT2D eigenvalue weighted by atomic mass is 35.5. The van der Waals surface area contributed by atoms with Crippen LogP contribution in [0.5, 0.6) is 0 Å². The fraction of sp³-hybridized carbons (Fsp3) is 0. The Kier molecular flexibility index (Phi) is 3.55. The van der Waals surface area contributed by atoms with Crippen LogP contribution >= 0.6 is 12.4 Å². The molecule has 1 rings (SSSR count). The van der Waals surface area contributed by atoms with Crippen LogP contribution in [0, 0.1) is 4.91 Å². The Bertz CT molecular complexity index is 206. The van der Waals surface area contributed by atoms with Gasteiger partial charge in [-0.1, -0.05) is 6.07 Å². The lowest BCUT2D eigenvalue weighted by Crippen LogP contribution is -2.13. The molecule has 0 aliphatic rings. The molecular formula is C5H6ClN2O+. The molecule has 0 amide bonds. The van der Waals surface area contributed by atoms with Gasteiger partial charge in [0.05, 0.1) is 11.1 Å². The number of hydrogen-bond donors (Lipinski definition) is 0. The Morgan fingerprint density at radius 2 is 2.00 bits per heavy atom. The first-order valence-electron chi connectivity index (χ1n) is 2.23. The van der Waals surface area contributed by atoms with Crippen molar-refractivity contribution in [1.82, 2.24) is 5.10 Å². The fourth-order valence-electron chi connectivity index (χ4n) is 0.380. The molecule has 0 atom stereocenters. The molecule has 0 N–H and O–H groups in total. The zero-order chi connectivity index (χ0) is 5.82. The van der Waals surface area contributed by atoms with E-state index in [1.165, 1.54) is 12.4 Å². The first kappa shape index (κ1) is 8.04. The average molecular weight is 146 g/mol. The summed E-state index contributed by atoms with van der Waals surface area (Å²) in [5.41, 5.74) is 0. The van der Waals surface area contributed by atoms with E-state index in [4.69, 9.17) is 0 Å². The van der Waals surface area contributed by atoms with E-state index in [-0.39, 0.29) is 12.4 Å². The summed E-state index contributed by atoms with van der Waals surface area (Å²) < 4.78 is 0.500. The largest absolute Gasteiger partial charge is 0.260 e. The van der Waals surface area contributed by atoms with Gasteiger partial charge in [-0.15, -0.1) is 12.4 Å². The summed E-state index contributed by atoms with van der Waals surface area (Å²) >= 11 is 0. The molecular weight excluding hydrogens is 140 g/mol. The topological polar surface area (TPSA) is 35.9 Å². The third-order valence-corrected chi connectivity index (χ3v) is 0.702. The summed E-state index contributed by atoms with van der Waals surface area (Å²) in [6.45, 7) is 0. The number of rotatable bonds is 0. The fourth-order valence-corrected chi connectivity index (χ4v) is 0.380. The molecule has 0 radical (unpaired) electrons. The van der Waals surface area contributed by atoms with Crippen LogP contribution < -0.4 is 4.54 Å². The average Bonchev–Trinajstić information content (AvgIpc) is 1.94. The van der Waals surface area contributed by atoms with Gasteiger partial charge in [0.15, 0.2) is 4.54 Å². The number of hydrogen-bond acceptors (Lipinski definition) is 2. The summed E-state index contributed by atoms with van der Waals surface area (Å²) in [4.78, 5) is 10.3. The van der Waals surface area contributed by atoms with E-state index in [9.17, 15) is 4.91 Å². The van der Waals surface area contributed by atoms with Crippen molar-refractivity contribution in [3.8, 4) is 0 Å². The van der Waals surface area contributed by atoms with Gasteiger partial charge in [-0.3, -0.25) is 0 Å². The second-order valence-corrected chi connectivity index (χ2v) is 1.29. The molecule has 0 bridgehead atoms. The minimum Gasteiger partial charge on any atom is -0.147 e. The van der Waals surface area contributed by atoms with Crippen LogP contribution in [0.1, 0.15) is 0 Å². The lowest BCUT2D eigenvalue weighted by atomic mass is 10.6. The van der Waals surface area contributed by atoms with Gasteiger partial charge >= 0.3 is 0 Å². The maximum atomic E-state index is 10.3. The van der Waals surface area contributed by atoms with E-state index >= 15 is 0 Å². The molecule has 0 saturated carbocycles. The molecule has 0 spiro atoms. The van der Waals surface area contributed by atoms with Gasteiger partial charge in [-0.25, -0.2) is 0 Å². The Balaban J connectivity index is 0.000000640. The molecule has 3 nitrogen and oxygen atoms in total. The third kappa shape index (κ3) is 2.77. The van der Waals surface area contributed by atoms with Crippen LogP contribution in [0.15, 0.2) is 30.6 Å². The minimum atomic E-state index is 0. The zero-order valence-electron chi connectivity index (χ0n) is 4.60. The molecule has 1 heterocycles. The van der Waals surface area contributed by atoms with Gasteiger partial charge in [0.1, 0.15) is 0 Å². The molecule has 0 aliphatic heterocycles. The van der Waals surface area contributed by atoms with E-state index in [1.54, 1.807) is 18.2 Å². The Labute approximate surface area is 58.4 Å². The molecule has 0 unspecified atom stereocenters. The quantitative estimate of drug-likeness (QED) is 0.496. The van der Waals surface area contributed by atoms with E-state index in [2.05, 4.69) is 5.10 Å². The Morgan fingerprint density at radius 1 is 1.22 bits per heavy atom. The first-order valence-corrected chi connectivity index (χ1v) is 2.23. The summed E-state index contributed by atoms with van der Waals surface area (Å²) in [5, 5.41) is 3.40. The molecule has 1 aromatic rings. The highest BCUT2D eigenvalue weighted by molar-refractivity contribution is 5.85. The lowest BCUT2D eigenvalue weighted by Gasteiger charge is -1.47. The third-order valence-electron chi connectivity index (χ3n) is 0.702. The van der Waals surface area contributed by atoms with Crippen LogP contribution in [0.2, 0.25) is 0 Å². The van der Waals surface area contributed by atoms with Crippen molar-refractivity contribution in [1.29, 1.82) is 0 Å². The van der Waals surface area contributed by atoms with E-state index < -0.39 is 0 Å². The van der Waals surface area contributed by atoms with Gasteiger partial charge in [0.25, 0.3) is 6.20 Å². The van der Waals surface area contributed by atoms with Crippen molar-refractivity contribution in [3.63, 3.8) is 0 Å². The predicted molar refractivity (Wildman–Crippen MR) is 34.9 cm³/mol. The van der Waals surface area contributed by atoms with Crippen LogP contribution in [0.25, 0.3) is 0 Å². The number of aromatic nitrogens is 2. The van der Waals surface area contributed by atoms with Gasteiger partial charge in [0, 0.05) is 11.2 Å². The van der Waals surface area contributed by atoms with Crippen LogP contribution in [-0.2, 0) is 0 Å². The number of nitrogens with zero attached hydrogens (tertiary/aromatic N) is 2. The van der Waals surface area contributed by atoms with E-state index in [0.29, 0.717) is 4.54 Å². The smallest absolute Gasteiger partial charge is 0.147 e. The van der Waals surface area contributed by atoms with Crippen molar-refractivity contribution in [2.75, 3.05) is 0 Å². The van der Waals surface area contributed by atoms with Gasteiger partial charge in [-0.05, 0) is 6.07 Å². The predicted octanol–water partition coefficient (Wildman–Crippen LogP) is 0.418. The minimum absolute atomic E-state index is 0. The highest BCUT2D eigenvalue weighted by Gasteiger charge is 1.79. The first-order chi connectivity index (χ1) is 3.89.